The highest BCUT2D eigenvalue weighted by molar-refractivity contribution is 5.92. The molecule has 0 aromatic carbocycles. The van der Waals surface area contributed by atoms with Crippen LogP contribution in [-0.2, 0) is 7.05 Å². The van der Waals surface area contributed by atoms with Gasteiger partial charge in [0.05, 0.1) is 12.5 Å². The van der Waals surface area contributed by atoms with Crippen molar-refractivity contribution in [1.29, 1.82) is 0 Å². The summed E-state index contributed by atoms with van der Waals surface area (Å²) in [4.78, 5) is 15.6. The van der Waals surface area contributed by atoms with Gasteiger partial charge in [0.15, 0.2) is 0 Å². The first-order valence-electron chi connectivity index (χ1n) is 4.75. The van der Waals surface area contributed by atoms with Crippen LogP contribution in [0, 0.1) is 0 Å². The topological polar surface area (TPSA) is 59.0 Å². The molecule has 5 nitrogen and oxygen atoms in total. The van der Waals surface area contributed by atoms with Crippen molar-refractivity contribution in [2.45, 2.75) is 12.5 Å². The standard InChI is InChI=1S/C9H14N4O/c1-13-6-11-5-8(13)9(14)12-7-2-3-10-4-7/h5-7,10H,2-4H2,1H3,(H,12,14)/t7-/m1/s1. The molecule has 0 saturated carbocycles. The molecule has 1 aromatic heterocycles. The van der Waals surface area contributed by atoms with Gasteiger partial charge in [-0.25, -0.2) is 4.98 Å². The van der Waals surface area contributed by atoms with Crippen LogP contribution in [0.25, 0.3) is 0 Å². The number of imidazole rings is 1. The fraction of sp³-hybridized carbons (Fsp3) is 0.556. The van der Waals surface area contributed by atoms with Gasteiger partial charge in [-0.2, -0.15) is 0 Å². The van der Waals surface area contributed by atoms with E-state index in [-0.39, 0.29) is 11.9 Å². The van der Waals surface area contributed by atoms with Crippen molar-refractivity contribution >= 4 is 5.91 Å². The van der Waals surface area contributed by atoms with Crippen LogP contribution in [0.15, 0.2) is 12.5 Å². The summed E-state index contributed by atoms with van der Waals surface area (Å²) in [5.74, 6) is -0.0429. The van der Waals surface area contributed by atoms with Crippen molar-refractivity contribution in [2.24, 2.45) is 7.05 Å². The van der Waals surface area contributed by atoms with Gasteiger partial charge in [-0.3, -0.25) is 4.79 Å². The van der Waals surface area contributed by atoms with Gasteiger partial charge in [-0.15, -0.1) is 0 Å². The lowest BCUT2D eigenvalue weighted by Crippen LogP contribution is -2.37. The molecule has 0 unspecified atom stereocenters. The zero-order valence-electron chi connectivity index (χ0n) is 8.16. The summed E-state index contributed by atoms with van der Waals surface area (Å²) >= 11 is 0. The van der Waals surface area contributed by atoms with Crippen molar-refractivity contribution in [3.63, 3.8) is 0 Å². The highest BCUT2D eigenvalue weighted by Gasteiger charge is 2.18. The molecule has 2 heterocycles. The zero-order valence-corrected chi connectivity index (χ0v) is 8.16. The Morgan fingerprint density at radius 2 is 2.64 bits per heavy atom. The Morgan fingerprint density at radius 1 is 1.79 bits per heavy atom. The molecule has 2 N–H and O–H groups in total. The van der Waals surface area contributed by atoms with E-state index in [1.807, 2.05) is 7.05 Å². The second-order valence-corrected chi connectivity index (χ2v) is 3.55. The van der Waals surface area contributed by atoms with Gasteiger partial charge in [-0.05, 0) is 13.0 Å². The predicted molar refractivity (Wildman–Crippen MR) is 51.9 cm³/mol. The first kappa shape index (κ1) is 9.21. The van der Waals surface area contributed by atoms with Crippen LogP contribution in [0.3, 0.4) is 0 Å². The van der Waals surface area contributed by atoms with E-state index in [4.69, 9.17) is 0 Å². The van der Waals surface area contributed by atoms with Crippen LogP contribution in [-0.4, -0.2) is 34.6 Å². The van der Waals surface area contributed by atoms with Crippen molar-refractivity contribution in [2.75, 3.05) is 13.1 Å². The van der Waals surface area contributed by atoms with E-state index in [1.165, 1.54) is 0 Å². The molecule has 1 aromatic rings. The summed E-state index contributed by atoms with van der Waals surface area (Å²) in [5, 5.41) is 6.16. The lowest BCUT2D eigenvalue weighted by molar-refractivity contribution is 0.0932. The quantitative estimate of drug-likeness (QED) is 0.668. The number of aromatic nitrogens is 2. The maximum absolute atomic E-state index is 11.7. The average molecular weight is 194 g/mol. The van der Waals surface area contributed by atoms with Crippen LogP contribution in [0.5, 0.6) is 0 Å². The molecule has 2 rings (SSSR count). The molecule has 1 saturated heterocycles. The number of hydrogen-bond donors (Lipinski definition) is 2. The van der Waals surface area contributed by atoms with Gasteiger partial charge < -0.3 is 15.2 Å². The van der Waals surface area contributed by atoms with E-state index in [1.54, 1.807) is 17.1 Å². The Bertz CT molecular complexity index is 327. The van der Waals surface area contributed by atoms with E-state index in [9.17, 15) is 4.79 Å². The summed E-state index contributed by atoms with van der Waals surface area (Å²) in [7, 11) is 1.81. The van der Waals surface area contributed by atoms with Gasteiger partial charge in [0, 0.05) is 19.6 Å². The van der Waals surface area contributed by atoms with E-state index in [0.717, 1.165) is 19.5 Å². The molecule has 1 amide bonds. The molecular formula is C9H14N4O. The first-order chi connectivity index (χ1) is 6.77. The van der Waals surface area contributed by atoms with Crippen LogP contribution < -0.4 is 10.6 Å². The number of rotatable bonds is 2. The Kier molecular flexibility index (Phi) is 2.49. The minimum atomic E-state index is -0.0429. The zero-order chi connectivity index (χ0) is 9.97. The molecule has 14 heavy (non-hydrogen) atoms. The molecule has 1 fully saturated rings. The largest absolute Gasteiger partial charge is 0.347 e. The van der Waals surface area contributed by atoms with Crippen molar-refractivity contribution < 1.29 is 4.79 Å². The van der Waals surface area contributed by atoms with Crippen LogP contribution in [0.2, 0.25) is 0 Å². The summed E-state index contributed by atoms with van der Waals surface area (Å²) in [6.07, 6.45) is 4.21. The van der Waals surface area contributed by atoms with Gasteiger partial charge in [-0.1, -0.05) is 0 Å². The average Bonchev–Trinajstić information content (AvgIpc) is 2.75. The van der Waals surface area contributed by atoms with E-state index in [0.29, 0.717) is 5.69 Å². The maximum Gasteiger partial charge on any atom is 0.269 e. The third-order valence-corrected chi connectivity index (χ3v) is 2.44. The lowest BCUT2D eigenvalue weighted by Gasteiger charge is -2.10. The Labute approximate surface area is 82.5 Å². The summed E-state index contributed by atoms with van der Waals surface area (Å²) in [6.45, 7) is 1.85. The number of carbonyl (C=O) groups is 1. The maximum atomic E-state index is 11.7. The lowest BCUT2D eigenvalue weighted by atomic mass is 10.2. The van der Waals surface area contributed by atoms with Gasteiger partial charge in [0.2, 0.25) is 0 Å². The first-order valence-corrected chi connectivity index (χ1v) is 4.75. The van der Waals surface area contributed by atoms with E-state index in [2.05, 4.69) is 15.6 Å². The molecule has 0 aliphatic carbocycles. The van der Waals surface area contributed by atoms with Crippen molar-refractivity contribution in [1.82, 2.24) is 20.2 Å². The molecule has 0 bridgehead atoms. The predicted octanol–water partition coefficient (Wildman–Crippen LogP) is -0.488. The smallest absolute Gasteiger partial charge is 0.269 e. The summed E-state index contributed by atoms with van der Waals surface area (Å²) < 4.78 is 1.72. The Balaban J connectivity index is 1.98. The SMILES string of the molecule is Cn1cncc1C(=O)N[C@@H]1CCNC1. The Hall–Kier alpha value is -1.36. The van der Waals surface area contributed by atoms with Crippen molar-refractivity contribution in [3.8, 4) is 0 Å². The van der Waals surface area contributed by atoms with Gasteiger partial charge in [0.25, 0.3) is 5.91 Å². The second-order valence-electron chi connectivity index (χ2n) is 3.55. The normalized spacial score (nSPS) is 21.1. The monoisotopic (exact) mass is 194 g/mol. The molecule has 5 heteroatoms. The summed E-state index contributed by atoms with van der Waals surface area (Å²) in [5.41, 5.74) is 0.608. The van der Waals surface area contributed by atoms with Crippen LogP contribution >= 0.6 is 0 Å². The molecule has 0 spiro atoms. The highest BCUT2D eigenvalue weighted by atomic mass is 16.2. The summed E-state index contributed by atoms with van der Waals surface area (Å²) in [6, 6.07) is 0.261. The van der Waals surface area contributed by atoms with Crippen LogP contribution in [0.4, 0.5) is 0 Å². The van der Waals surface area contributed by atoms with Gasteiger partial charge in [0.1, 0.15) is 5.69 Å². The highest BCUT2D eigenvalue weighted by Crippen LogP contribution is 2.01. The molecular weight excluding hydrogens is 180 g/mol. The molecule has 1 aliphatic rings. The minimum Gasteiger partial charge on any atom is -0.347 e. The third-order valence-electron chi connectivity index (χ3n) is 2.44. The van der Waals surface area contributed by atoms with E-state index >= 15 is 0 Å². The fourth-order valence-corrected chi connectivity index (χ4v) is 1.61. The second kappa shape index (κ2) is 3.79. The molecule has 1 atom stereocenters. The number of nitrogens with zero attached hydrogens (tertiary/aromatic N) is 2. The number of carbonyl (C=O) groups excluding carboxylic acids is 1. The van der Waals surface area contributed by atoms with Crippen molar-refractivity contribution in [3.05, 3.63) is 18.2 Å². The van der Waals surface area contributed by atoms with Gasteiger partial charge >= 0.3 is 0 Å². The van der Waals surface area contributed by atoms with E-state index < -0.39 is 0 Å². The minimum absolute atomic E-state index is 0.0429. The fourth-order valence-electron chi connectivity index (χ4n) is 1.61. The number of aryl methyl sites for hydroxylation is 1. The molecule has 76 valence electrons. The Morgan fingerprint density at radius 3 is 3.21 bits per heavy atom. The molecule has 1 aliphatic heterocycles. The number of nitrogens with one attached hydrogen (secondary N) is 2. The number of amides is 1. The third kappa shape index (κ3) is 1.77. The number of hydrogen-bond acceptors (Lipinski definition) is 3. The van der Waals surface area contributed by atoms with Crippen LogP contribution in [0.1, 0.15) is 16.9 Å². The molecule has 0 radical (unpaired) electrons.